The van der Waals surface area contributed by atoms with Gasteiger partial charge in [-0.25, -0.2) is 0 Å². The van der Waals surface area contributed by atoms with E-state index in [9.17, 15) is 0 Å². The number of hydrogen-bond acceptors (Lipinski definition) is 3. The predicted molar refractivity (Wildman–Crippen MR) is 86.5 cm³/mol. The second-order valence-electron chi connectivity index (χ2n) is 5.82. The van der Waals surface area contributed by atoms with Gasteiger partial charge < -0.3 is 14.6 Å². The topological polar surface area (TPSA) is 28.4 Å². The molecule has 0 atom stereocenters. The Morgan fingerprint density at radius 3 is 2.76 bits per heavy atom. The number of para-hydroxylation sites is 1. The van der Waals surface area contributed by atoms with Crippen LogP contribution in [0.15, 0.2) is 41.0 Å². The first-order chi connectivity index (χ1) is 10.3. The fraction of sp³-hybridized carbons (Fsp3) is 0.444. The molecule has 0 bridgehead atoms. The summed E-state index contributed by atoms with van der Waals surface area (Å²) in [5.41, 5.74) is 3.91. The van der Waals surface area contributed by atoms with Crippen molar-refractivity contribution in [2.45, 2.75) is 45.8 Å². The maximum Gasteiger partial charge on any atom is 0.122 e. The van der Waals surface area contributed by atoms with Crippen molar-refractivity contribution < 1.29 is 4.42 Å². The van der Waals surface area contributed by atoms with Crippen molar-refractivity contribution in [1.82, 2.24) is 5.32 Å². The Labute approximate surface area is 127 Å². The molecular weight excluding hydrogens is 260 g/mol. The van der Waals surface area contributed by atoms with Crippen molar-refractivity contribution >= 4 is 5.69 Å². The lowest BCUT2D eigenvalue weighted by Gasteiger charge is -2.25. The van der Waals surface area contributed by atoms with Crippen LogP contribution in [-0.2, 0) is 13.1 Å². The number of rotatable bonds is 7. The van der Waals surface area contributed by atoms with Crippen molar-refractivity contribution in [3.05, 3.63) is 53.5 Å². The maximum atomic E-state index is 5.67. The van der Waals surface area contributed by atoms with Gasteiger partial charge in [0.15, 0.2) is 0 Å². The molecule has 1 heterocycles. The van der Waals surface area contributed by atoms with E-state index in [1.807, 2.05) is 6.26 Å². The van der Waals surface area contributed by atoms with Gasteiger partial charge in [0.25, 0.3) is 0 Å². The molecule has 0 spiro atoms. The molecule has 1 aliphatic rings. The van der Waals surface area contributed by atoms with E-state index >= 15 is 0 Å². The molecule has 1 aromatic heterocycles. The molecule has 21 heavy (non-hydrogen) atoms. The summed E-state index contributed by atoms with van der Waals surface area (Å²) in [6.45, 7) is 7.11. The van der Waals surface area contributed by atoms with Crippen molar-refractivity contribution in [1.29, 1.82) is 0 Å². The average molecular weight is 284 g/mol. The van der Waals surface area contributed by atoms with Crippen LogP contribution in [-0.4, -0.2) is 12.6 Å². The zero-order valence-electron chi connectivity index (χ0n) is 12.9. The molecule has 2 aromatic rings. The van der Waals surface area contributed by atoms with Crippen LogP contribution in [0.5, 0.6) is 0 Å². The highest BCUT2D eigenvalue weighted by Crippen LogP contribution is 2.24. The molecule has 1 N–H and O–H groups in total. The summed E-state index contributed by atoms with van der Waals surface area (Å²) >= 11 is 0. The van der Waals surface area contributed by atoms with Crippen LogP contribution in [0, 0.1) is 6.92 Å². The molecule has 3 rings (SSSR count). The Balaban J connectivity index is 1.71. The van der Waals surface area contributed by atoms with Crippen LogP contribution in [0.3, 0.4) is 0 Å². The summed E-state index contributed by atoms with van der Waals surface area (Å²) in [7, 11) is 0. The fourth-order valence-electron chi connectivity index (χ4n) is 2.68. The van der Waals surface area contributed by atoms with Crippen molar-refractivity contribution in [3.63, 3.8) is 0 Å². The van der Waals surface area contributed by atoms with Gasteiger partial charge in [-0.15, -0.1) is 0 Å². The number of hydrogen-bond donors (Lipinski definition) is 1. The summed E-state index contributed by atoms with van der Waals surface area (Å²) in [5.74, 6) is 1.08. The van der Waals surface area contributed by atoms with Gasteiger partial charge in [0.05, 0.1) is 12.8 Å². The van der Waals surface area contributed by atoms with Gasteiger partial charge in [0.1, 0.15) is 5.76 Å². The minimum absolute atomic E-state index is 0.710. The third-order valence-electron chi connectivity index (χ3n) is 4.17. The van der Waals surface area contributed by atoms with Crippen LogP contribution in [0.25, 0.3) is 0 Å². The summed E-state index contributed by atoms with van der Waals surface area (Å²) < 4.78 is 5.67. The van der Waals surface area contributed by atoms with Crippen molar-refractivity contribution in [2.24, 2.45) is 0 Å². The molecule has 0 amide bonds. The summed E-state index contributed by atoms with van der Waals surface area (Å²) in [5, 5.41) is 3.53. The first kappa shape index (κ1) is 14.2. The number of nitrogens with zero attached hydrogens (tertiary/aromatic N) is 1. The minimum atomic E-state index is 0.710. The lowest BCUT2D eigenvalue weighted by Crippen LogP contribution is -2.24. The quantitative estimate of drug-likeness (QED) is 0.836. The van der Waals surface area contributed by atoms with Gasteiger partial charge in [-0.2, -0.15) is 0 Å². The molecule has 3 nitrogen and oxygen atoms in total. The molecule has 0 unspecified atom stereocenters. The van der Waals surface area contributed by atoms with Crippen LogP contribution in [0.2, 0.25) is 0 Å². The van der Waals surface area contributed by atoms with Gasteiger partial charge in [-0.05, 0) is 44.4 Å². The molecular formula is C18H24N2O. The van der Waals surface area contributed by atoms with Gasteiger partial charge in [-0.1, -0.05) is 18.2 Å². The SMILES string of the molecule is CCN(Cc1ccoc1CNC1CC1)c1ccccc1C. The Kier molecular flexibility index (Phi) is 4.30. The van der Waals surface area contributed by atoms with E-state index < -0.39 is 0 Å². The monoisotopic (exact) mass is 284 g/mol. The summed E-state index contributed by atoms with van der Waals surface area (Å²) in [6, 6.07) is 11.4. The molecule has 3 heteroatoms. The normalized spacial score (nSPS) is 14.4. The Morgan fingerprint density at radius 1 is 1.24 bits per heavy atom. The average Bonchev–Trinajstić information content (AvgIpc) is 3.23. The first-order valence-electron chi connectivity index (χ1n) is 7.87. The second-order valence-corrected chi connectivity index (χ2v) is 5.82. The van der Waals surface area contributed by atoms with E-state index in [0.717, 1.165) is 25.4 Å². The Hall–Kier alpha value is -1.74. The highest BCUT2D eigenvalue weighted by Gasteiger charge is 2.21. The van der Waals surface area contributed by atoms with E-state index in [0.29, 0.717) is 6.04 Å². The molecule has 1 saturated carbocycles. The van der Waals surface area contributed by atoms with Gasteiger partial charge >= 0.3 is 0 Å². The summed E-state index contributed by atoms with van der Waals surface area (Å²) in [4.78, 5) is 2.40. The molecule has 1 fully saturated rings. The fourth-order valence-corrected chi connectivity index (χ4v) is 2.68. The number of benzene rings is 1. The molecule has 0 aliphatic heterocycles. The number of aryl methyl sites for hydroxylation is 1. The highest BCUT2D eigenvalue weighted by atomic mass is 16.3. The summed E-state index contributed by atoms with van der Waals surface area (Å²) in [6.07, 6.45) is 4.42. The molecule has 1 aliphatic carbocycles. The minimum Gasteiger partial charge on any atom is -0.468 e. The molecule has 1 aromatic carbocycles. The Bertz CT molecular complexity index is 586. The van der Waals surface area contributed by atoms with Crippen LogP contribution in [0.4, 0.5) is 5.69 Å². The van der Waals surface area contributed by atoms with Crippen LogP contribution < -0.4 is 10.2 Å². The lowest BCUT2D eigenvalue weighted by atomic mass is 10.1. The number of furan rings is 1. The third-order valence-corrected chi connectivity index (χ3v) is 4.17. The van der Waals surface area contributed by atoms with E-state index in [-0.39, 0.29) is 0 Å². The van der Waals surface area contributed by atoms with Crippen molar-refractivity contribution in [2.75, 3.05) is 11.4 Å². The molecule has 0 radical (unpaired) electrons. The van der Waals surface area contributed by atoms with E-state index in [4.69, 9.17) is 4.42 Å². The zero-order chi connectivity index (χ0) is 14.7. The van der Waals surface area contributed by atoms with Gasteiger partial charge in [0, 0.05) is 30.4 Å². The van der Waals surface area contributed by atoms with Gasteiger partial charge in [-0.3, -0.25) is 0 Å². The number of nitrogens with one attached hydrogen (secondary N) is 1. The first-order valence-corrected chi connectivity index (χ1v) is 7.87. The van der Waals surface area contributed by atoms with E-state index in [1.165, 1.54) is 29.7 Å². The lowest BCUT2D eigenvalue weighted by molar-refractivity contribution is 0.477. The maximum absolute atomic E-state index is 5.67. The number of anilines is 1. The molecule has 112 valence electrons. The smallest absolute Gasteiger partial charge is 0.122 e. The van der Waals surface area contributed by atoms with Crippen LogP contribution >= 0.6 is 0 Å². The zero-order valence-corrected chi connectivity index (χ0v) is 12.9. The van der Waals surface area contributed by atoms with E-state index in [1.54, 1.807) is 0 Å². The van der Waals surface area contributed by atoms with Gasteiger partial charge in [0.2, 0.25) is 0 Å². The largest absolute Gasteiger partial charge is 0.468 e. The standard InChI is InChI=1S/C18H24N2O/c1-3-20(17-7-5-4-6-14(17)2)13-15-10-11-21-18(15)12-19-16-8-9-16/h4-7,10-11,16,19H,3,8-9,12-13H2,1-2H3. The second kappa shape index (κ2) is 6.35. The Morgan fingerprint density at radius 2 is 2.05 bits per heavy atom. The predicted octanol–water partition coefficient (Wildman–Crippen LogP) is 3.87. The van der Waals surface area contributed by atoms with Crippen molar-refractivity contribution in [3.8, 4) is 0 Å². The van der Waals surface area contributed by atoms with E-state index in [2.05, 4.69) is 54.4 Å². The molecule has 0 saturated heterocycles. The van der Waals surface area contributed by atoms with Crippen LogP contribution in [0.1, 0.15) is 36.7 Å². The third kappa shape index (κ3) is 3.48. The highest BCUT2D eigenvalue weighted by molar-refractivity contribution is 5.53.